The summed E-state index contributed by atoms with van der Waals surface area (Å²) in [7, 11) is 0. The van der Waals surface area contributed by atoms with Gasteiger partial charge in [-0.15, -0.1) is 0 Å². The Hall–Kier alpha value is -2.36. The van der Waals surface area contributed by atoms with E-state index in [1.807, 2.05) is 50.3 Å². The third-order valence-corrected chi connectivity index (χ3v) is 3.13. The summed E-state index contributed by atoms with van der Waals surface area (Å²) in [5.74, 6) is 0. The Labute approximate surface area is 119 Å². The van der Waals surface area contributed by atoms with Gasteiger partial charge in [0, 0.05) is 11.3 Å². The predicted molar refractivity (Wildman–Crippen MR) is 80.1 cm³/mol. The van der Waals surface area contributed by atoms with Crippen LogP contribution < -0.4 is 0 Å². The molecule has 0 fully saturated rings. The second-order valence-corrected chi connectivity index (χ2v) is 4.48. The number of carbonyl (C=O) groups excluding carboxylic acids is 1. The smallest absolute Gasteiger partial charge is 0.419 e. The first-order valence-corrected chi connectivity index (χ1v) is 6.58. The van der Waals surface area contributed by atoms with Gasteiger partial charge in [0.2, 0.25) is 0 Å². The van der Waals surface area contributed by atoms with Crippen molar-refractivity contribution in [3.8, 4) is 0 Å². The zero-order valence-corrected chi connectivity index (χ0v) is 12.0. The molecule has 20 heavy (non-hydrogen) atoms. The van der Waals surface area contributed by atoms with Crippen molar-refractivity contribution in [2.75, 3.05) is 6.61 Å². The highest BCUT2D eigenvalue weighted by Gasteiger charge is 2.18. The summed E-state index contributed by atoms with van der Waals surface area (Å²) in [5, 5.41) is 0. The van der Waals surface area contributed by atoms with Gasteiger partial charge in [-0.2, -0.15) is 0 Å². The number of hydrogen-bond donors (Lipinski definition) is 0. The third kappa shape index (κ3) is 2.96. The zero-order chi connectivity index (χ0) is 14.5. The van der Waals surface area contributed by atoms with Gasteiger partial charge in [0.1, 0.15) is 6.34 Å². The van der Waals surface area contributed by atoms with E-state index in [-0.39, 0.29) is 0 Å². The van der Waals surface area contributed by atoms with Gasteiger partial charge >= 0.3 is 6.09 Å². The molecule has 0 atom stereocenters. The van der Waals surface area contributed by atoms with Crippen molar-refractivity contribution in [3.05, 3.63) is 53.2 Å². The van der Waals surface area contributed by atoms with Gasteiger partial charge in [-0.25, -0.2) is 14.7 Å². The lowest BCUT2D eigenvalue weighted by molar-refractivity contribution is 0.136. The molecule has 0 N–H and O–H groups in total. The summed E-state index contributed by atoms with van der Waals surface area (Å²) in [5.41, 5.74) is 3.64. The summed E-state index contributed by atoms with van der Waals surface area (Å²) < 4.78 is 5.04. The van der Waals surface area contributed by atoms with E-state index < -0.39 is 6.09 Å². The molecule has 1 aliphatic rings. The van der Waals surface area contributed by atoms with Gasteiger partial charge in [0.15, 0.2) is 0 Å². The van der Waals surface area contributed by atoms with E-state index in [0.717, 1.165) is 22.5 Å². The molecule has 1 amide bonds. The lowest BCUT2D eigenvalue weighted by Gasteiger charge is -2.17. The van der Waals surface area contributed by atoms with Gasteiger partial charge in [-0.1, -0.05) is 30.3 Å². The van der Waals surface area contributed by atoms with Crippen molar-refractivity contribution in [1.82, 2.24) is 4.90 Å². The van der Waals surface area contributed by atoms with E-state index in [2.05, 4.69) is 4.99 Å². The van der Waals surface area contributed by atoms with Crippen LogP contribution in [0.3, 0.4) is 0 Å². The molecule has 0 aromatic heterocycles. The molecule has 1 heterocycles. The van der Waals surface area contributed by atoms with Gasteiger partial charge in [0.25, 0.3) is 0 Å². The summed E-state index contributed by atoms with van der Waals surface area (Å²) in [6, 6.07) is 9.87. The van der Waals surface area contributed by atoms with E-state index >= 15 is 0 Å². The van der Waals surface area contributed by atoms with Gasteiger partial charge in [-0.3, -0.25) is 0 Å². The first-order valence-electron chi connectivity index (χ1n) is 6.58. The molecule has 4 heteroatoms. The van der Waals surface area contributed by atoms with Crippen LogP contribution in [0.2, 0.25) is 0 Å². The molecule has 4 nitrogen and oxygen atoms in total. The average Bonchev–Trinajstić information content (AvgIpc) is 2.60. The summed E-state index contributed by atoms with van der Waals surface area (Å²) in [4.78, 5) is 17.7. The SMILES string of the molecule is CCOC(=O)N1C=NC(c2ccccc2)=CC(C)=C1C. The van der Waals surface area contributed by atoms with Crippen LogP contribution in [-0.4, -0.2) is 23.9 Å². The minimum Gasteiger partial charge on any atom is -0.449 e. The van der Waals surface area contributed by atoms with Crippen LogP contribution in [0, 0.1) is 0 Å². The third-order valence-electron chi connectivity index (χ3n) is 3.13. The monoisotopic (exact) mass is 270 g/mol. The fourth-order valence-corrected chi connectivity index (χ4v) is 1.89. The van der Waals surface area contributed by atoms with Crippen LogP contribution in [0.4, 0.5) is 4.79 Å². The highest BCUT2D eigenvalue weighted by atomic mass is 16.6. The van der Waals surface area contributed by atoms with Crippen LogP contribution in [0.5, 0.6) is 0 Å². The lowest BCUT2D eigenvalue weighted by Crippen LogP contribution is -2.28. The van der Waals surface area contributed by atoms with Crippen LogP contribution in [0.25, 0.3) is 5.70 Å². The highest BCUT2D eigenvalue weighted by Crippen LogP contribution is 2.23. The van der Waals surface area contributed by atoms with Crippen molar-refractivity contribution in [2.45, 2.75) is 20.8 Å². The van der Waals surface area contributed by atoms with Crippen LogP contribution in [0.1, 0.15) is 26.3 Å². The maximum Gasteiger partial charge on any atom is 0.419 e. The van der Waals surface area contributed by atoms with Crippen LogP contribution >= 0.6 is 0 Å². The number of benzene rings is 1. The summed E-state index contributed by atoms with van der Waals surface area (Å²) >= 11 is 0. The Bertz CT molecular complexity index is 586. The second kappa shape index (κ2) is 6.19. The Morgan fingerprint density at radius 3 is 2.60 bits per heavy atom. The largest absolute Gasteiger partial charge is 0.449 e. The summed E-state index contributed by atoms with van der Waals surface area (Å²) in [6.45, 7) is 5.96. The Morgan fingerprint density at radius 1 is 1.25 bits per heavy atom. The van der Waals surface area contributed by atoms with Crippen molar-refractivity contribution >= 4 is 18.1 Å². The maximum atomic E-state index is 11.9. The molecular formula is C16H18N2O2. The zero-order valence-electron chi connectivity index (χ0n) is 12.0. The standard InChI is InChI=1S/C16H18N2O2/c1-4-20-16(19)18-11-17-15(10-12(2)13(18)3)14-8-6-5-7-9-14/h5-11H,4H2,1-3H3. The number of nitrogens with zero attached hydrogens (tertiary/aromatic N) is 2. The number of rotatable bonds is 2. The molecule has 2 rings (SSSR count). The predicted octanol–water partition coefficient (Wildman–Crippen LogP) is 3.82. The van der Waals surface area contributed by atoms with Crippen molar-refractivity contribution in [1.29, 1.82) is 0 Å². The first-order chi connectivity index (χ1) is 9.63. The van der Waals surface area contributed by atoms with Crippen LogP contribution in [-0.2, 0) is 4.74 Å². The minimum absolute atomic E-state index is 0.342. The number of amides is 1. The molecule has 0 saturated carbocycles. The summed E-state index contributed by atoms with van der Waals surface area (Å²) in [6.07, 6.45) is 3.08. The molecule has 0 bridgehead atoms. The normalized spacial score (nSPS) is 14.9. The van der Waals surface area contributed by atoms with Crippen LogP contribution in [0.15, 0.2) is 52.7 Å². The molecule has 1 aliphatic heterocycles. The molecule has 0 radical (unpaired) electrons. The van der Waals surface area contributed by atoms with E-state index in [1.54, 1.807) is 6.92 Å². The molecular weight excluding hydrogens is 252 g/mol. The Kier molecular flexibility index (Phi) is 4.35. The average molecular weight is 270 g/mol. The van der Waals surface area contributed by atoms with E-state index in [0.29, 0.717) is 6.61 Å². The molecule has 0 unspecified atom stereocenters. The lowest BCUT2D eigenvalue weighted by atomic mass is 10.1. The number of allylic oxidation sites excluding steroid dienone is 3. The van der Waals surface area contributed by atoms with Gasteiger partial charge in [-0.05, 0) is 32.4 Å². The number of aliphatic imine (C=N–C) groups is 1. The first kappa shape index (κ1) is 14.1. The van der Waals surface area contributed by atoms with Gasteiger partial charge < -0.3 is 4.74 Å². The highest BCUT2D eigenvalue weighted by molar-refractivity contribution is 5.89. The van der Waals surface area contributed by atoms with Crippen molar-refractivity contribution in [2.24, 2.45) is 4.99 Å². The van der Waals surface area contributed by atoms with Gasteiger partial charge in [0.05, 0.1) is 12.3 Å². The second-order valence-electron chi connectivity index (χ2n) is 4.48. The van der Waals surface area contributed by atoms with E-state index in [9.17, 15) is 4.79 Å². The quantitative estimate of drug-likeness (QED) is 0.819. The molecule has 0 saturated heterocycles. The fourth-order valence-electron chi connectivity index (χ4n) is 1.89. The Morgan fingerprint density at radius 2 is 1.95 bits per heavy atom. The molecule has 1 aromatic rings. The number of hydrogen-bond acceptors (Lipinski definition) is 3. The maximum absolute atomic E-state index is 11.9. The van der Waals surface area contributed by atoms with Crippen molar-refractivity contribution in [3.63, 3.8) is 0 Å². The minimum atomic E-state index is -0.407. The van der Waals surface area contributed by atoms with E-state index in [1.165, 1.54) is 11.2 Å². The van der Waals surface area contributed by atoms with E-state index in [4.69, 9.17) is 4.74 Å². The van der Waals surface area contributed by atoms with Crippen molar-refractivity contribution < 1.29 is 9.53 Å². The molecule has 104 valence electrons. The molecule has 0 spiro atoms. The topological polar surface area (TPSA) is 41.9 Å². The number of ether oxygens (including phenoxy) is 1. The fraction of sp³-hybridized carbons (Fsp3) is 0.250. The molecule has 0 aliphatic carbocycles. The number of carbonyl (C=O) groups is 1. The Balaban J connectivity index is 2.36. The molecule has 1 aromatic carbocycles.